The van der Waals surface area contributed by atoms with Crippen molar-refractivity contribution >= 4 is 0 Å². The maximum absolute atomic E-state index is 4.70. The first-order valence-corrected chi connectivity index (χ1v) is 7.98. The number of hydrogen-bond donors (Lipinski definition) is 1. The number of nitrogens with zero attached hydrogens (tertiary/aromatic N) is 2. The van der Waals surface area contributed by atoms with E-state index < -0.39 is 0 Å². The average Bonchev–Trinajstić information content (AvgIpc) is 3.00. The lowest BCUT2D eigenvalue weighted by atomic mass is 10.0. The SMILES string of the molecule is CCc1ccc(C(Cc2ccn(C(C)CC)n2)NC)cc1. The standard InChI is InChI=1S/C18H27N3/c1-5-14(3)21-12-11-17(20-21)13-18(19-4)16-9-7-15(6-2)8-10-16/h7-12,14,18-19H,5-6,13H2,1-4H3. The van der Waals surface area contributed by atoms with E-state index in [0.717, 1.165) is 25.0 Å². The molecule has 0 amide bonds. The average molecular weight is 285 g/mol. The molecular formula is C18H27N3. The van der Waals surface area contributed by atoms with Crippen molar-refractivity contribution in [2.24, 2.45) is 0 Å². The molecule has 1 aromatic carbocycles. The van der Waals surface area contributed by atoms with Crippen LogP contribution in [0.5, 0.6) is 0 Å². The van der Waals surface area contributed by atoms with E-state index in [1.54, 1.807) is 0 Å². The minimum Gasteiger partial charge on any atom is -0.313 e. The van der Waals surface area contributed by atoms with E-state index >= 15 is 0 Å². The van der Waals surface area contributed by atoms with E-state index in [2.05, 4.69) is 67.3 Å². The van der Waals surface area contributed by atoms with Crippen LogP contribution in [0.1, 0.15) is 56.1 Å². The second kappa shape index (κ2) is 7.41. The Hall–Kier alpha value is -1.61. The van der Waals surface area contributed by atoms with Crippen LogP contribution in [-0.2, 0) is 12.8 Å². The lowest BCUT2D eigenvalue weighted by Crippen LogP contribution is -2.19. The molecule has 114 valence electrons. The molecule has 0 saturated heterocycles. The Morgan fingerprint density at radius 2 is 1.86 bits per heavy atom. The van der Waals surface area contributed by atoms with E-state index in [0.29, 0.717) is 12.1 Å². The predicted molar refractivity (Wildman–Crippen MR) is 88.6 cm³/mol. The topological polar surface area (TPSA) is 29.9 Å². The fraction of sp³-hybridized carbons (Fsp3) is 0.500. The smallest absolute Gasteiger partial charge is 0.0643 e. The summed E-state index contributed by atoms with van der Waals surface area (Å²) in [5.74, 6) is 0. The molecule has 1 heterocycles. The molecule has 1 N–H and O–H groups in total. The van der Waals surface area contributed by atoms with E-state index in [9.17, 15) is 0 Å². The van der Waals surface area contributed by atoms with Crippen molar-refractivity contribution in [2.75, 3.05) is 7.05 Å². The van der Waals surface area contributed by atoms with Gasteiger partial charge in [0, 0.05) is 24.7 Å². The maximum atomic E-state index is 4.70. The first kappa shape index (κ1) is 15.8. The maximum Gasteiger partial charge on any atom is 0.0643 e. The highest BCUT2D eigenvalue weighted by atomic mass is 15.3. The Kier molecular flexibility index (Phi) is 5.57. The molecule has 0 spiro atoms. The summed E-state index contributed by atoms with van der Waals surface area (Å²) >= 11 is 0. The summed E-state index contributed by atoms with van der Waals surface area (Å²) in [5.41, 5.74) is 3.86. The zero-order valence-electron chi connectivity index (χ0n) is 13.6. The first-order chi connectivity index (χ1) is 10.2. The minimum absolute atomic E-state index is 0.316. The van der Waals surface area contributed by atoms with E-state index in [4.69, 9.17) is 5.10 Å². The van der Waals surface area contributed by atoms with Gasteiger partial charge in [0.25, 0.3) is 0 Å². The molecule has 0 aliphatic heterocycles. The third kappa shape index (κ3) is 3.94. The van der Waals surface area contributed by atoms with Crippen LogP contribution < -0.4 is 5.32 Å². The van der Waals surface area contributed by atoms with Gasteiger partial charge in [-0.15, -0.1) is 0 Å². The fourth-order valence-corrected chi connectivity index (χ4v) is 2.50. The third-order valence-corrected chi connectivity index (χ3v) is 4.26. The number of hydrogen-bond acceptors (Lipinski definition) is 2. The van der Waals surface area contributed by atoms with Gasteiger partial charge in [0.15, 0.2) is 0 Å². The number of benzene rings is 1. The Morgan fingerprint density at radius 1 is 1.14 bits per heavy atom. The molecular weight excluding hydrogens is 258 g/mol. The summed E-state index contributed by atoms with van der Waals surface area (Å²) in [6, 6.07) is 11.8. The largest absolute Gasteiger partial charge is 0.313 e. The van der Waals surface area contributed by atoms with Crippen LogP contribution >= 0.6 is 0 Å². The molecule has 21 heavy (non-hydrogen) atoms. The summed E-state index contributed by atoms with van der Waals surface area (Å²) in [4.78, 5) is 0. The molecule has 0 fully saturated rings. The van der Waals surface area contributed by atoms with Crippen LogP contribution in [0.4, 0.5) is 0 Å². The van der Waals surface area contributed by atoms with Crippen molar-refractivity contribution < 1.29 is 0 Å². The van der Waals surface area contributed by atoms with Gasteiger partial charge in [0.2, 0.25) is 0 Å². The van der Waals surface area contributed by atoms with Gasteiger partial charge in [-0.05, 0) is 44.0 Å². The summed E-state index contributed by atoms with van der Waals surface area (Å²) in [7, 11) is 2.02. The zero-order valence-corrected chi connectivity index (χ0v) is 13.6. The molecule has 0 saturated carbocycles. The Labute approximate surface area is 128 Å². The molecule has 0 aliphatic carbocycles. The van der Waals surface area contributed by atoms with Crippen LogP contribution in [0.25, 0.3) is 0 Å². The van der Waals surface area contributed by atoms with E-state index in [1.165, 1.54) is 11.1 Å². The Balaban J connectivity index is 2.09. The zero-order chi connectivity index (χ0) is 15.2. The van der Waals surface area contributed by atoms with Gasteiger partial charge in [0.1, 0.15) is 0 Å². The molecule has 3 nitrogen and oxygen atoms in total. The van der Waals surface area contributed by atoms with Crippen molar-refractivity contribution in [3.05, 3.63) is 53.3 Å². The van der Waals surface area contributed by atoms with Crippen molar-refractivity contribution in [3.63, 3.8) is 0 Å². The van der Waals surface area contributed by atoms with Gasteiger partial charge in [-0.3, -0.25) is 4.68 Å². The number of aromatic nitrogens is 2. The Morgan fingerprint density at radius 3 is 2.43 bits per heavy atom. The first-order valence-electron chi connectivity index (χ1n) is 7.98. The third-order valence-electron chi connectivity index (χ3n) is 4.26. The Bertz CT molecular complexity index is 542. The van der Waals surface area contributed by atoms with Crippen molar-refractivity contribution in [3.8, 4) is 0 Å². The lowest BCUT2D eigenvalue weighted by Gasteiger charge is -2.16. The number of rotatable bonds is 7. The highest BCUT2D eigenvalue weighted by Gasteiger charge is 2.13. The van der Waals surface area contributed by atoms with Gasteiger partial charge in [-0.25, -0.2) is 0 Å². The van der Waals surface area contributed by atoms with Crippen LogP contribution in [0, 0.1) is 0 Å². The highest BCUT2D eigenvalue weighted by molar-refractivity contribution is 5.26. The van der Waals surface area contributed by atoms with Gasteiger partial charge in [-0.1, -0.05) is 38.1 Å². The highest BCUT2D eigenvalue weighted by Crippen LogP contribution is 2.19. The van der Waals surface area contributed by atoms with Crippen molar-refractivity contribution in [1.29, 1.82) is 0 Å². The van der Waals surface area contributed by atoms with Crippen LogP contribution in [0.2, 0.25) is 0 Å². The molecule has 2 rings (SSSR count). The van der Waals surface area contributed by atoms with Gasteiger partial charge < -0.3 is 5.32 Å². The number of nitrogens with one attached hydrogen (secondary N) is 1. The quantitative estimate of drug-likeness (QED) is 0.835. The number of likely N-dealkylation sites (N-methyl/N-ethyl adjacent to an activating group) is 1. The van der Waals surface area contributed by atoms with Crippen molar-refractivity contribution in [1.82, 2.24) is 15.1 Å². The minimum atomic E-state index is 0.316. The molecule has 2 atom stereocenters. The molecule has 0 radical (unpaired) electrons. The normalized spacial score (nSPS) is 14.1. The van der Waals surface area contributed by atoms with Crippen LogP contribution in [0.3, 0.4) is 0 Å². The summed E-state index contributed by atoms with van der Waals surface area (Å²) < 4.78 is 2.07. The lowest BCUT2D eigenvalue weighted by molar-refractivity contribution is 0.469. The fourth-order valence-electron chi connectivity index (χ4n) is 2.50. The van der Waals surface area contributed by atoms with Crippen molar-refractivity contribution in [2.45, 2.75) is 52.1 Å². The summed E-state index contributed by atoms with van der Waals surface area (Å²) in [6.45, 7) is 6.58. The molecule has 2 aromatic rings. The molecule has 0 bridgehead atoms. The van der Waals surface area contributed by atoms with Crippen LogP contribution in [0.15, 0.2) is 36.5 Å². The molecule has 1 aromatic heterocycles. The monoisotopic (exact) mass is 285 g/mol. The predicted octanol–water partition coefficient (Wildman–Crippen LogP) is 3.92. The second-order valence-electron chi connectivity index (χ2n) is 5.68. The molecule has 2 unspecified atom stereocenters. The van der Waals surface area contributed by atoms with E-state index in [-0.39, 0.29) is 0 Å². The number of aryl methyl sites for hydroxylation is 1. The van der Waals surface area contributed by atoms with E-state index in [1.807, 2.05) is 7.05 Å². The van der Waals surface area contributed by atoms with Gasteiger partial charge in [0.05, 0.1) is 5.69 Å². The molecule has 3 heteroatoms. The molecule has 0 aliphatic rings. The summed E-state index contributed by atoms with van der Waals surface area (Å²) in [5, 5.41) is 8.11. The van der Waals surface area contributed by atoms with Crippen LogP contribution in [-0.4, -0.2) is 16.8 Å². The van der Waals surface area contributed by atoms with Gasteiger partial charge >= 0.3 is 0 Å². The second-order valence-corrected chi connectivity index (χ2v) is 5.68. The summed E-state index contributed by atoms with van der Waals surface area (Å²) in [6.07, 6.45) is 5.21. The van der Waals surface area contributed by atoms with Gasteiger partial charge in [-0.2, -0.15) is 5.10 Å².